The number of pyridine rings is 1. The van der Waals surface area contributed by atoms with Crippen LogP contribution in [0.25, 0.3) is 11.0 Å². The van der Waals surface area contributed by atoms with E-state index in [2.05, 4.69) is 4.98 Å². The molecule has 0 aliphatic carbocycles. The van der Waals surface area contributed by atoms with E-state index >= 15 is 0 Å². The van der Waals surface area contributed by atoms with Gasteiger partial charge in [-0.25, -0.2) is 9.18 Å². The van der Waals surface area contributed by atoms with Crippen molar-refractivity contribution in [1.82, 2.24) is 4.98 Å². The molecule has 0 fully saturated rings. The number of carboxylic acids is 1. The van der Waals surface area contributed by atoms with Gasteiger partial charge in [0.05, 0.1) is 0 Å². The van der Waals surface area contributed by atoms with Crippen molar-refractivity contribution in [2.45, 2.75) is 19.7 Å². The van der Waals surface area contributed by atoms with Crippen LogP contribution >= 0.6 is 0 Å². The molecule has 0 aliphatic heterocycles. The van der Waals surface area contributed by atoms with Crippen LogP contribution in [0.15, 0.2) is 34.9 Å². The molecule has 0 radical (unpaired) electrons. The van der Waals surface area contributed by atoms with Crippen molar-refractivity contribution in [2.24, 2.45) is 0 Å². The van der Waals surface area contributed by atoms with Crippen LogP contribution in [0.2, 0.25) is 0 Å². The van der Waals surface area contributed by atoms with Crippen LogP contribution < -0.4 is 4.74 Å². The van der Waals surface area contributed by atoms with Gasteiger partial charge in [0.15, 0.2) is 17.1 Å². The molecule has 3 aromatic rings. The summed E-state index contributed by atoms with van der Waals surface area (Å²) in [6.45, 7) is 0.849. The first-order valence-corrected chi connectivity index (χ1v) is 7.28. The van der Waals surface area contributed by atoms with Crippen LogP contribution in [-0.2, 0) is 12.8 Å². The third-order valence-corrected chi connectivity index (χ3v) is 3.66. The van der Waals surface area contributed by atoms with E-state index in [0.29, 0.717) is 0 Å². The van der Waals surface area contributed by atoms with Crippen molar-refractivity contribution in [3.8, 4) is 5.75 Å². The zero-order chi connectivity index (χ0) is 19.1. The number of carbonyl (C=O) groups is 1. The highest BCUT2D eigenvalue weighted by atomic mass is 19.4. The molecule has 0 saturated carbocycles. The molecule has 0 unspecified atom stereocenters. The lowest BCUT2D eigenvalue weighted by molar-refractivity contribution is -0.142. The minimum absolute atomic E-state index is 0.00941. The van der Waals surface area contributed by atoms with Crippen molar-refractivity contribution >= 4 is 16.9 Å². The van der Waals surface area contributed by atoms with Crippen molar-refractivity contribution in [3.63, 3.8) is 0 Å². The molecule has 1 N–H and O–H groups in total. The average Bonchev–Trinajstić information content (AvgIpc) is 2.89. The van der Waals surface area contributed by atoms with Gasteiger partial charge in [-0.2, -0.15) is 13.2 Å². The number of benzene rings is 1. The number of nitrogens with zero attached hydrogens (tertiary/aromatic N) is 1. The van der Waals surface area contributed by atoms with Crippen LogP contribution in [-0.4, -0.2) is 16.1 Å². The first-order chi connectivity index (χ1) is 12.2. The average molecular weight is 369 g/mol. The summed E-state index contributed by atoms with van der Waals surface area (Å²) in [6.07, 6.45) is -3.65. The highest BCUT2D eigenvalue weighted by Crippen LogP contribution is 2.33. The lowest BCUT2D eigenvalue weighted by atomic mass is 10.1. The molecule has 2 heterocycles. The molecule has 0 atom stereocenters. The first kappa shape index (κ1) is 17.7. The fourth-order valence-electron chi connectivity index (χ4n) is 2.57. The van der Waals surface area contributed by atoms with Crippen molar-refractivity contribution < 1.29 is 36.6 Å². The SMILES string of the molecule is Cc1oc2c(F)cc(OCc3cccnc3C(F)(F)F)cc2c1C(=O)O. The Labute approximate surface area is 143 Å². The molecule has 0 bridgehead atoms. The van der Waals surface area contributed by atoms with Gasteiger partial charge in [-0.3, -0.25) is 4.98 Å². The Morgan fingerprint density at radius 1 is 1.35 bits per heavy atom. The summed E-state index contributed by atoms with van der Waals surface area (Å²) in [5.41, 5.74) is -1.83. The molecule has 0 amide bonds. The van der Waals surface area contributed by atoms with Crippen LogP contribution in [0.1, 0.15) is 27.4 Å². The lowest BCUT2D eigenvalue weighted by Gasteiger charge is -2.12. The molecule has 0 saturated heterocycles. The number of aryl methyl sites for hydroxylation is 1. The smallest absolute Gasteiger partial charge is 0.433 e. The molecule has 3 rings (SSSR count). The molecule has 136 valence electrons. The molecular formula is C17H11F4NO4. The number of rotatable bonds is 4. The van der Waals surface area contributed by atoms with E-state index in [0.717, 1.165) is 12.3 Å². The summed E-state index contributed by atoms with van der Waals surface area (Å²) in [5, 5.41) is 9.18. The number of alkyl halides is 3. The number of aromatic nitrogens is 1. The summed E-state index contributed by atoms with van der Waals surface area (Å²) in [7, 11) is 0. The minimum Gasteiger partial charge on any atom is -0.489 e. The Kier molecular flexibility index (Phi) is 4.31. The molecular weight excluding hydrogens is 358 g/mol. The predicted molar refractivity (Wildman–Crippen MR) is 81.4 cm³/mol. The van der Waals surface area contributed by atoms with E-state index in [9.17, 15) is 27.5 Å². The van der Waals surface area contributed by atoms with Gasteiger partial charge in [0.2, 0.25) is 0 Å². The fraction of sp³-hybridized carbons (Fsp3) is 0.176. The molecule has 26 heavy (non-hydrogen) atoms. The Hall–Kier alpha value is -3.10. The molecule has 0 aliphatic rings. The van der Waals surface area contributed by atoms with E-state index in [4.69, 9.17) is 9.15 Å². The van der Waals surface area contributed by atoms with Crippen molar-refractivity contribution in [1.29, 1.82) is 0 Å². The van der Waals surface area contributed by atoms with Gasteiger partial charge < -0.3 is 14.3 Å². The maximum Gasteiger partial charge on any atom is 0.433 e. The number of ether oxygens (including phenoxy) is 1. The number of furan rings is 1. The maximum atomic E-state index is 14.1. The highest BCUT2D eigenvalue weighted by Gasteiger charge is 2.35. The van der Waals surface area contributed by atoms with Gasteiger partial charge in [-0.1, -0.05) is 6.07 Å². The largest absolute Gasteiger partial charge is 0.489 e. The Morgan fingerprint density at radius 3 is 2.73 bits per heavy atom. The molecule has 0 spiro atoms. The molecule has 1 aromatic carbocycles. The summed E-state index contributed by atoms with van der Waals surface area (Å²) in [5.74, 6) is -2.31. The minimum atomic E-state index is -4.66. The zero-order valence-electron chi connectivity index (χ0n) is 13.2. The van der Waals surface area contributed by atoms with Crippen LogP contribution in [0.5, 0.6) is 5.75 Å². The maximum absolute atomic E-state index is 14.1. The standard InChI is InChI=1S/C17H11F4NO4/c1-8-13(16(23)24)11-5-10(6-12(18)14(11)26-8)25-7-9-3-2-4-22-15(9)17(19,20)21/h2-6H,7H2,1H3,(H,23,24). The Morgan fingerprint density at radius 2 is 2.08 bits per heavy atom. The van der Waals surface area contributed by atoms with Gasteiger partial charge in [0.25, 0.3) is 0 Å². The second kappa shape index (κ2) is 6.32. The summed E-state index contributed by atoms with van der Waals surface area (Å²) < 4.78 is 63.3. The van der Waals surface area contributed by atoms with Gasteiger partial charge in [0.1, 0.15) is 23.7 Å². The summed E-state index contributed by atoms with van der Waals surface area (Å²) >= 11 is 0. The van der Waals surface area contributed by atoms with Gasteiger partial charge >= 0.3 is 12.1 Å². The van der Waals surface area contributed by atoms with E-state index in [1.165, 1.54) is 25.1 Å². The third kappa shape index (κ3) is 3.19. The molecule has 5 nitrogen and oxygen atoms in total. The third-order valence-electron chi connectivity index (χ3n) is 3.66. The van der Waals surface area contributed by atoms with Crippen LogP contribution in [0, 0.1) is 12.7 Å². The summed E-state index contributed by atoms with van der Waals surface area (Å²) in [4.78, 5) is 14.6. The lowest BCUT2D eigenvalue weighted by Crippen LogP contribution is -2.13. The van der Waals surface area contributed by atoms with Gasteiger partial charge in [-0.15, -0.1) is 0 Å². The quantitative estimate of drug-likeness (QED) is 0.682. The topological polar surface area (TPSA) is 72.6 Å². The molecule has 9 heteroatoms. The van der Waals surface area contributed by atoms with E-state index in [1.54, 1.807) is 0 Å². The van der Waals surface area contributed by atoms with E-state index in [1.807, 2.05) is 0 Å². The van der Waals surface area contributed by atoms with Gasteiger partial charge in [-0.05, 0) is 19.1 Å². The second-order valence-corrected chi connectivity index (χ2v) is 5.42. The van der Waals surface area contributed by atoms with Crippen molar-refractivity contribution in [3.05, 3.63) is 58.9 Å². The number of halogens is 4. The van der Waals surface area contributed by atoms with Crippen LogP contribution in [0.4, 0.5) is 17.6 Å². The van der Waals surface area contributed by atoms with E-state index < -0.39 is 30.3 Å². The van der Waals surface area contributed by atoms with E-state index in [-0.39, 0.29) is 33.6 Å². The zero-order valence-corrected chi connectivity index (χ0v) is 13.2. The Bertz CT molecular complexity index is 994. The van der Waals surface area contributed by atoms with Crippen LogP contribution in [0.3, 0.4) is 0 Å². The Balaban J connectivity index is 1.96. The second-order valence-electron chi connectivity index (χ2n) is 5.42. The number of aromatic carboxylic acids is 1. The molecule has 2 aromatic heterocycles. The monoisotopic (exact) mass is 369 g/mol. The fourth-order valence-corrected chi connectivity index (χ4v) is 2.57. The first-order valence-electron chi connectivity index (χ1n) is 7.28. The normalized spacial score (nSPS) is 11.7. The predicted octanol–water partition coefficient (Wildman–Crippen LogP) is 4.57. The number of hydrogen-bond donors (Lipinski definition) is 1. The highest BCUT2D eigenvalue weighted by molar-refractivity contribution is 6.04. The number of carboxylic acid groups (broad SMARTS) is 1. The number of fused-ring (bicyclic) bond motifs is 1. The summed E-state index contributed by atoms with van der Waals surface area (Å²) in [6, 6.07) is 4.64. The van der Waals surface area contributed by atoms with Crippen molar-refractivity contribution in [2.75, 3.05) is 0 Å². The van der Waals surface area contributed by atoms with Gasteiger partial charge in [0, 0.05) is 23.2 Å². The number of hydrogen-bond acceptors (Lipinski definition) is 4.